The van der Waals surface area contributed by atoms with Crippen LogP contribution in [0.4, 0.5) is 4.39 Å². The first-order valence-corrected chi connectivity index (χ1v) is 6.67. The fourth-order valence-electron chi connectivity index (χ4n) is 1.45. The minimum absolute atomic E-state index is 0.00394. The van der Waals surface area contributed by atoms with Gasteiger partial charge >= 0.3 is 0 Å². The maximum Gasteiger partial charge on any atom is 0.241 e. The molecule has 1 aromatic rings. The average Bonchev–Trinajstić information content (AvgIpc) is 2.13. The van der Waals surface area contributed by atoms with Crippen molar-refractivity contribution in [1.29, 1.82) is 0 Å². The zero-order valence-corrected chi connectivity index (χ0v) is 10.9. The lowest BCUT2D eigenvalue weighted by molar-refractivity contribution is 0.489. The van der Waals surface area contributed by atoms with Crippen LogP contribution in [-0.4, -0.2) is 14.0 Å². The van der Waals surface area contributed by atoms with Crippen molar-refractivity contribution in [2.24, 2.45) is 5.73 Å². The molecule has 3 N–H and O–H groups in total. The van der Waals surface area contributed by atoms with Gasteiger partial charge in [-0.3, -0.25) is 0 Å². The van der Waals surface area contributed by atoms with Gasteiger partial charge < -0.3 is 5.73 Å². The van der Waals surface area contributed by atoms with E-state index in [1.165, 1.54) is 18.2 Å². The van der Waals surface area contributed by atoms with Crippen LogP contribution < -0.4 is 10.5 Å². The zero-order chi connectivity index (χ0) is 13.3. The molecule has 17 heavy (non-hydrogen) atoms. The largest absolute Gasteiger partial charge is 0.326 e. The molecule has 6 heteroatoms. The summed E-state index contributed by atoms with van der Waals surface area (Å²) in [5.74, 6) is -0.607. The minimum atomic E-state index is -3.75. The third kappa shape index (κ3) is 3.49. The lowest BCUT2D eigenvalue weighted by atomic mass is 10.1. The number of hydrogen-bond acceptors (Lipinski definition) is 3. The summed E-state index contributed by atoms with van der Waals surface area (Å²) in [7, 11) is -3.75. The predicted octanol–water partition coefficient (Wildman–Crippen LogP) is 1.36. The molecule has 0 fully saturated rings. The number of nitrogens with two attached hydrogens (primary N) is 1. The molecule has 0 heterocycles. The van der Waals surface area contributed by atoms with Crippen LogP contribution in [0.2, 0.25) is 0 Å². The first kappa shape index (κ1) is 14.1. The van der Waals surface area contributed by atoms with Crippen LogP contribution in [0.5, 0.6) is 0 Å². The van der Waals surface area contributed by atoms with Gasteiger partial charge in [0.05, 0.1) is 4.90 Å². The Kier molecular flexibility index (Phi) is 3.91. The smallest absolute Gasteiger partial charge is 0.241 e. The predicted molar refractivity (Wildman–Crippen MR) is 64.4 cm³/mol. The van der Waals surface area contributed by atoms with Crippen molar-refractivity contribution in [3.05, 3.63) is 29.6 Å². The van der Waals surface area contributed by atoms with Gasteiger partial charge in [-0.25, -0.2) is 17.5 Å². The minimum Gasteiger partial charge on any atom is -0.326 e. The molecule has 0 aliphatic carbocycles. The van der Waals surface area contributed by atoms with Crippen molar-refractivity contribution < 1.29 is 12.8 Å². The molecule has 0 unspecified atom stereocenters. The lowest BCUT2D eigenvalue weighted by Crippen LogP contribution is -2.41. The van der Waals surface area contributed by atoms with Gasteiger partial charge in [-0.15, -0.1) is 0 Å². The first-order valence-electron chi connectivity index (χ1n) is 5.19. The van der Waals surface area contributed by atoms with E-state index in [0.717, 1.165) is 0 Å². The highest BCUT2D eigenvalue weighted by molar-refractivity contribution is 7.89. The van der Waals surface area contributed by atoms with Gasteiger partial charge in [0, 0.05) is 17.6 Å². The van der Waals surface area contributed by atoms with Gasteiger partial charge in [-0.1, -0.05) is 6.07 Å². The number of rotatable bonds is 3. The van der Waals surface area contributed by atoms with Crippen molar-refractivity contribution in [3.63, 3.8) is 0 Å². The summed E-state index contributed by atoms with van der Waals surface area (Å²) in [4.78, 5) is -0.102. The Balaban J connectivity index is 3.29. The third-order valence-electron chi connectivity index (χ3n) is 2.01. The molecule has 0 radical (unpaired) electrons. The van der Waals surface area contributed by atoms with E-state index in [0.29, 0.717) is 0 Å². The topological polar surface area (TPSA) is 72.2 Å². The van der Waals surface area contributed by atoms with Crippen molar-refractivity contribution in [2.45, 2.75) is 37.8 Å². The summed E-state index contributed by atoms with van der Waals surface area (Å²) in [5, 5.41) is 0. The Labute approximate surface area is 101 Å². The molecule has 0 aliphatic heterocycles. The summed E-state index contributed by atoms with van der Waals surface area (Å²) in [6.45, 7) is 4.98. The van der Waals surface area contributed by atoms with E-state index < -0.39 is 21.4 Å². The van der Waals surface area contributed by atoms with Gasteiger partial charge in [0.15, 0.2) is 0 Å². The molecular weight excluding hydrogens is 243 g/mol. The highest BCUT2D eigenvalue weighted by atomic mass is 32.2. The van der Waals surface area contributed by atoms with Crippen LogP contribution in [0.25, 0.3) is 0 Å². The molecular formula is C11H17FN2O2S. The van der Waals surface area contributed by atoms with E-state index in [-0.39, 0.29) is 17.0 Å². The lowest BCUT2D eigenvalue weighted by Gasteiger charge is -2.21. The van der Waals surface area contributed by atoms with Gasteiger partial charge in [-0.05, 0) is 32.9 Å². The Morgan fingerprint density at radius 3 is 2.41 bits per heavy atom. The molecule has 1 rings (SSSR count). The van der Waals surface area contributed by atoms with E-state index in [1.807, 2.05) is 0 Å². The Hall–Kier alpha value is -0.980. The highest BCUT2D eigenvalue weighted by Gasteiger charge is 2.25. The second-order valence-corrected chi connectivity index (χ2v) is 6.43. The zero-order valence-electron chi connectivity index (χ0n) is 10.1. The molecule has 0 aromatic heterocycles. The van der Waals surface area contributed by atoms with Gasteiger partial charge in [0.2, 0.25) is 10.0 Å². The number of nitrogens with one attached hydrogen (secondary N) is 1. The molecule has 0 aliphatic rings. The van der Waals surface area contributed by atoms with Crippen LogP contribution in [0, 0.1) is 5.82 Å². The Morgan fingerprint density at radius 2 is 1.94 bits per heavy atom. The van der Waals surface area contributed by atoms with E-state index >= 15 is 0 Å². The monoisotopic (exact) mass is 260 g/mol. The molecule has 1 aromatic carbocycles. The fourth-order valence-corrected chi connectivity index (χ4v) is 3.13. The Bertz CT molecular complexity index is 507. The summed E-state index contributed by atoms with van der Waals surface area (Å²) >= 11 is 0. The SMILES string of the molecule is CC(C)(C)NS(=O)(=O)c1cccc(F)c1CN. The van der Waals surface area contributed by atoms with Crippen molar-refractivity contribution in [3.8, 4) is 0 Å². The van der Waals surface area contributed by atoms with Crippen LogP contribution in [-0.2, 0) is 16.6 Å². The summed E-state index contributed by atoms with van der Waals surface area (Å²) in [6, 6.07) is 3.89. The first-order chi connectivity index (χ1) is 7.67. The van der Waals surface area contributed by atoms with Crippen LogP contribution in [0.1, 0.15) is 26.3 Å². The molecule has 0 atom stereocenters. The summed E-state index contributed by atoms with van der Waals surface area (Å²) in [6.07, 6.45) is 0. The van der Waals surface area contributed by atoms with E-state index in [9.17, 15) is 12.8 Å². The van der Waals surface area contributed by atoms with E-state index in [1.54, 1.807) is 20.8 Å². The van der Waals surface area contributed by atoms with Gasteiger partial charge in [0.25, 0.3) is 0 Å². The van der Waals surface area contributed by atoms with Crippen LogP contribution in [0.3, 0.4) is 0 Å². The fraction of sp³-hybridized carbons (Fsp3) is 0.455. The molecule has 0 saturated heterocycles. The molecule has 0 spiro atoms. The van der Waals surface area contributed by atoms with Gasteiger partial charge in [0.1, 0.15) is 5.82 Å². The molecule has 0 amide bonds. The maximum atomic E-state index is 13.4. The molecule has 96 valence electrons. The number of hydrogen-bond donors (Lipinski definition) is 2. The highest BCUT2D eigenvalue weighted by Crippen LogP contribution is 2.19. The summed E-state index contributed by atoms with van der Waals surface area (Å²) in [5.41, 5.74) is 4.76. The quantitative estimate of drug-likeness (QED) is 0.862. The maximum absolute atomic E-state index is 13.4. The van der Waals surface area contributed by atoms with E-state index in [4.69, 9.17) is 5.73 Å². The molecule has 0 bridgehead atoms. The summed E-state index contributed by atoms with van der Waals surface area (Å²) < 4.78 is 40.0. The average molecular weight is 260 g/mol. The van der Waals surface area contributed by atoms with Crippen molar-refractivity contribution in [1.82, 2.24) is 4.72 Å². The van der Waals surface area contributed by atoms with Crippen LogP contribution >= 0.6 is 0 Å². The van der Waals surface area contributed by atoms with Gasteiger partial charge in [-0.2, -0.15) is 0 Å². The second kappa shape index (κ2) is 4.72. The number of halogens is 1. The second-order valence-electron chi connectivity index (χ2n) is 4.78. The Morgan fingerprint density at radius 1 is 1.35 bits per heavy atom. The normalized spacial score (nSPS) is 12.8. The van der Waals surface area contributed by atoms with E-state index in [2.05, 4.69) is 4.72 Å². The van der Waals surface area contributed by atoms with Crippen molar-refractivity contribution >= 4 is 10.0 Å². The standard InChI is InChI=1S/C11H17FN2O2S/c1-11(2,3)14-17(15,16)10-6-4-5-9(12)8(10)7-13/h4-6,14H,7,13H2,1-3H3. The molecule has 4 nitrogen and oxygen atoms in total. The number of sulfonamides is 1. The number of benzene rings is 1. The van der Waals surface area contributed by atoms with Crippen LogP contribution in [0.15, 0.2) is 23.1 Å². The van der Waals surface area contributed by atoms with Crippen molar-refractivity contribution in [2.75, 3.05) is 0 Å². The third-order valence-corrected chi connectivity index (χ3v) is 3.85. The molecule has 0 saturated carbocycles.